The number of carbonyl (C=O) groups is 1. The zero-order valence-electron chi connectivity index (χ0n) is 12.4. The van der Waals surface area contributed by atoms with Crippen LogP contribution in [0.15, 0.2) is 42.5 Å². The third-order valence-electron chi connectivity index (χ3n) is 3.32. The quantitative estimate of drug-likeness (QED) is 0.881. The van der Waals surface area contributed by atoms with Crippen LogP contribution in [0.25, 0.3) is 0 Å². The molecule has 0 fully saturated rings. The summed E-state index contributed by atoms with van der Waals surface area (Å²) in [5.74, 6) is -0.739. The van der Waals surface area contributed by atoms with Crippen LogP contribution in [0.5, 0.6) is 0 Å². The maximum absolute atomic E-state index is 13.6. The molecule has 1 atom stereocenters. The zero-order chi connectivity index (χ0) is 15.4. The summed E-state index contributed by atoms with van der Waals surface area (Å²) in [6.45, 7) is 5.46. The predicted octanol–water partition coefficient (Wildman–Crippen LogP) is 4.27. The van der Waals surface area contributed by atoms with Gasteiger partial charge >= 0.3 is 0 Å². The minimum atomic E-state index is -0.445. The van der Waals surface area contributed by atoms with Crippen molar-refractivity contribution in [2.45, 2.75) is 26.8 Å². The highest BCUT2D eigenvalue weighted by Gasteiger charge is 2.10. The molecular weight excluding hydrogens is 267 g/mol. The van der Waals surface area contributed by atoms with E-state index in [0.717, 1.165) is 5.69 Å². The monoisotopic (exact) mass is 286 g/mol. The van der Waals surface area contributed by atoms with Crippen LogP contribution in [0.2, 0.25) is 0 Å². The average molecular weight is 286 g/mol. The summed E-state index contributed by atoms with van der Waals surface area (Å²) in [7, 11) is 0. The molecule has 0 saturated carbocycles. The van der Waals surface area contributed by atoms with E-state index >= 15 is 0 Å². The van der Waals surface area contributed by atoms with Gasteiger partial charge in [0.2, 0.25) is 5.91 Å². The van der Waals surface area contributed by atoms with Crippen LogP contribution in [-0.2, 0) is 4.79 Å². The van der Waals surface area contributed by atoms with E-state index in [1.807, 2.05) is 19.1 Å². The molecule has 0 saturated heterocycles. The van der Waals surface area contributed by atoms with Crippen molar-refractivity contribution in [2.75, 3.05) is 10.6 Å². The summed E-state index contributed by atoms with van der Waals surface area (Å²) < 4.78 is 13.6. The summed E-state index contributed by atoms with van der Waals surface area (Å²) in [4.78, 5) is 11.1. The average Bonchev–Trinajstić information content (AvgIpc) is 2.42. The summed E-state index contributed by atoms with van der Waals surface area (Å²) in [5, 5.41) is 5.81. The molecule has 0 aliphatic carbocycles. The fourth-order valence-electron chi connectivity index (χ4n) is 2.30. The van der Waals surface area contributed by atoms with Gasteiger partial charge in [0.25, 0.3) is 0 Å². The van der Waals surface area contributed by atoms with Gasteiger partial charge in [0, 0.05) is 18.7 Å². The molecule has 2 aromatic rings. The Morgan fingerprint density at radius 3 is 2.57 bits per heavy atom. The Balaban J connectivity index is 2.20. The fraction of sp³-hybridized carbons (Fsp3) is 0.235. The van der Waals surface area contributed by atoms with Gasteiger partial charge in [-0.05, 0) is 43.2 Å². The molecule has 3 nitrogen and oxygen atoms in total. The summed E-state index contributed by atoms with van der Waals surface area (Å²) in [5.41, 5.74) is 3.32. The largest absolute Gasteiger partial charge is 0.378 e. The van der Waals surface area contributed by atoms with Gasteiger partial charge in [0.1, 0.15) is 5.82 Å². The summed E-state index contributed by atoms with van der Waals surface area (Å²) in [6, 6.07) is 12.8. The Morgan fingerprint density at radius 1 is 1.19 bits per heavy atom. The fourth-order valence-corrected chi connectivity index (χ4v) is 2.30. The molecule has 2 N–H and O–H groups in total. The molecule has 0 aliphatic rings. The van der Waals surface area contributed by atoms with E-state index in [1.165, 1.54) is 24.1 Å². The van der Waals surface area contributed by atoms with Gasteiger partial charge in [0.15, 0.2) is 0 Å². The van der Waals surface area contributed by atoms with Crippen LogP contribution in [0.3, 0.4) is 0 Å². The highest BCUT2D eigenvalue weighted by Crippen LogP contribution is 2.25. The van der Waals surface area contributed by atoms with E-state index in [9.17, 15) is 9.18 Å². The van der Waals surface area contributed by atoms with Crippen LogP contribution >= 0.6 is 0 Å². The van der Waals surface area contributed by atoms with Gasteiger partial charge in [-0.3, -0.25) is 4.79 Å². The highest BCUT2D eigenvalue weighted by molar-refractivity contribution is 5.89. The third-order valence-corrected chi connectivity index (χ3v) is 3.32. The predicted molar refractivity (Wildman–Crippen MR) is 83.9 cm³/mol. The molecule has 0 bridgehead atoms. The maximum atomic E-state index is 13.6. The summed E-state index contributed by atoms with van der Waals surface area (Å²) in [6.07, 6.45) is 0. The lowest BCUT2D eigenvalue weighted by atomic mass is 10.0. The number of rotatable bonds is 4. The van der Waals surface area contributed by atoms with Crippen molar-refractivity contribution in [2.24, 2.45) is 0 Å². The zero-order valence-corrected chi connectivity index (χ0v) is 12.4. The standard InChI is InChI=1S/C17H19FN2O/c1-11-6-4-5-7-15(11)12(2)19-14-8-9-16(18)17(10-14)20-13(3)21/h4-10,12,19H,1-3H3,(H,20,21). The molecule has 0 spiro atoms. The summed E-state index contributed by atoms with van der Waals surface area (Å²) >= 11 is 0. The van der Waals surface area contributed by atoms with Crippen molar-refractivity contribution in [1.82, 2.24) is 0 Å². The molecule has 21 heavy (non-hydrogen) atoms. The highest BCUT2D eigenvalue weighted by atomic mass is 19.1. The molecule has 0 radical (unpaired) electrons. The van der Waals surface area contributed by atoms with E-state index in [-0.39, 0.29) is 17.6 Å². The van der Waals surface area contributed by atoms with E-state index in [4.69, 9.17) is 0 Å². The number of hydrogen-bond donors (Lipinski definition) is 2. The molecule has 1 amide bonds. The van der Waals surface area contributed by atoms with E-state index in [1.54, 1.807) is 12.1 Å². The van der Waals surface area contributed by atoms with Crippen molar-refractivity contribution in [3.63, 3.8) is 0 Å². The number of benzene rings is 2. The lowest BCUT2D eigenvalue weighted by Crippen LogP contribution is -2.10. The Bertz CT molecular complexity index is 655. The number of nitrogens with one attached hydrogen (secondary N) is 2. The molecule has 0 aromatic heterocycles. The molecule has 0 aliphatic heterocycles. The van der Waals surface area contributed by atoms with Crippen molar-refractivity contribution >= 4 is 17.3 Å². The molecule has 2 rings (SSSR count). The number of amides is 1. The van der Waals surface area contributed by atoms with Gasteiger partial charge < -0.3 is 10.6 Å². The lowest BCUT2D eigenvalue weighted by Gasteiger charge is -2.18. The van der Waals surface area contributed by atoms with Gasteiger partial charge in [-0.25, -0.2) is 4.39 Å². The van der Waals surface area contributed by atoms with E-state index < -0.39 is 5.82 Å². The first kappa shape index (κ1) is 15.0. The van der Waals surface area contributed by atoms with Crippen molar-refractivity contribution in [3.05, 3.63) is 59.4 Å². The van der Waals surface area contributed by atoms with Gasteiger partial charge in [-0.15, -0.1) is 0 Å². The first-order valence-electron chi connectivity index (χ1n) is 6.86. The minimum absolute atomic E-state index is 0.0850. The number of hydrogen-bond acceptors (Lipinski definition) is 2. The Kier molecular flexibility index (Phi) is 4.58. The second kappa shape index (κ2) is 6.39. The minimum Gasteiger partial charge on any atom is -0.378 e. The van der Waals surface area contributed by atoms with Crippen LogP contribution in [0, 0.1) is 12.7 Å². The number of carbonyl (C=O) groups excluding carboxylic acids is 1. The Morgan fingerprint density at radius 2 is 1.90 bits per heavy atom. The second-order valence-corrected chi connectivity index (χ2v) is 5.10. The molecule has 110 valence electrons. The lowest BCUT2D eigenvalue weighted by molar-refractivity contribution is -0.114. The number of halogens is 1. The molecule has 1 unspecified atom stereocenters. The first-order valence-corrected chi connectivity index (χ1v) is 6.86. The topological polar surface area (TPSA) is 41.1 Å². The first-order chi connectivity index (χ1) is 9.97. The van der Waals surface area contributed by atoms with E-state index in [0.29, 0.717) is 0 Å². The van der Waals surface area contributed by atoms with Gasteiger partial charge in [-0.2, -0.15) is 0 Å². The molecule has 0 heterocycles. The van der Waals surface area contributed by atoms with Gasteiger partial charge in [-0.1, -0.05) is 24.3 Å². The molecular formula is C17H19FN2O. The Hall–Kier alpha value is -2.36. The van der Waals surface area contributed by atoms with Crippen molar-refractivity contribution in [3.8, 4) is 0 Å². The normalized spacial score (nSPS) is 11.8. The SMILES string of the molecule is CC(=O)Nc1cc(NC(C)c2ccccc2C)ccc1F. The molecule has 4 heteroatoms. The van der Waals surface area contributed by atoms with Crippen LogP contribution in [-0.4, -0.2) is 5.91 Å². The van der Waals surface area contributed by atoms with Crippen molar-refractivity contribution < 1.29 is 9.18 Å². The van der Waals surface area contributed by atoms with E-state index in [2.05, 4.69) is 29.7 Å². The van der Waals surface area contributed by atoms with Crippen LogP contribution < -0.4 is 10.6 Å². The second-order valence-electron chi connectivity index (χ2n) is 5.10. The Labute approximate surface area is 124 Å². The third kappa shape index (κ3) is 3.81. The number of aryl methyl sites for hydroxylation is 1. The number of anilines is 2. The van der Waals surface area contributed by atoms with Gasteiger partial charge in [0.05, 0.1) is 5.69 Å². The van der Waals surface area contributed by atoms with Crippen molar-refractivity contribution in [1.29, 1.82) is 0 Å². The smallest absolute Gasteiger partial charge is 0.221 e. The maximum Gasteiger partial charge on any atom is 0.221 e. The van der Waals surface area contributed by atoms with Crippen LogP contribution in [0.1, 0.15) is 31.0 Å². The molecule has 2 aromatic carbocycles. The van der Waals surface area contributed by atoms with Crippen LogP contribution in [0.4, 0.5) is 15.8 Å².